The summed E-state index contributed by atoms with van der Waals surface area (Å²) in [6.45, 7) is 2.06. The summed E-state index contributed by atoms with van der Waals surface area (Å²) in [5.41, 5.74) is 2.43. The first-order valence-corrected chi connectivity index (χ1v) is 6.55. The highest BCUT2D eigenvalue weighted by Crippen LogP contribution is 2.18. The number of anilines is 2. The number of nitrogens with zero attached hydrogens (tertiary/aromatic N) is 2. The van der Waals surface area contributed by atoms with Crippen molar-refractivity contribution in [2.75, 3.05) is 5.32 Å². The van der Waals surface area contributed by atoms with Crippen LogP contribution in [0.3, 0.4) is 0 Å². The first kappa shape index (κ1) is 12.4. The van der Waals surface area contributed by atoms with Gasteiger partial charge in [-0.05, 0) is 24.6 Å². The van der Waals surface area contributed by atoms with E-state index in [1.807, 2.05) is 18.2 Å². The third kappa shape index (κ3) is 2.54. The molecular weight excluding hydrogens is 254 g/mol. The van der Waals surface area contributed by atoms with Gasteiger partial charge in [0.25, 0.3) is 5.56 Å². The highest BCUT2D eigenvalue weighted by Gasteiger charge is 2.03. The summed E-state index contributed by atoms with van der Waals surface area (Å²) in [6, 6.07) is 7.33. The van der Waals surface area contributed by atoms with Gasteiger partial charge in [-0.2, -0.15) is 5.10 Å². The van der Waals surface area contributed by atoms with Crippen LogP contribution in [0.2, 0.25) is 0 Å². The van der Waals surface area contributed by atoms with Gasteiger partial charge in [-0.3, -0.25) is 14.9 Å². The molecule has 6 heteroatoms. The third-order valence-electron chi connectivity index (χ3n) is 3.01. The van der Waals surface area contributed by atoms with Crippen LogP contribution in [-0.2, 0) is 6.42 Å². The van der Waals surface area contributed by atoms with Crippen molar-refractivity contribution in [1.29, 1.82) is 0 Å². The normalized spacial score (nSPS) is 10.8. The lowest BCUT2D eigenvalue weighted by molar-refractivity contribution is 0.870. The molecule has 6 nitrogen and oxygen atoms in total. The van der Waals surface area contributed by atoms with E-state index in [9.17, 15) is 4.79 Å². The number of aromatic amines is 2. The summed E-state index contributed by atoms with van der Waals surface area (Å²) in [7, 11) is 0. The van der Waals surface area contributed by atoms with Gasteiger partial charge in [-0.25, -0.2) is 4.98 Å². The van der Waals surface area contributed by atoms with E-state index < -0.39 is 0 Å². The van der Waals surface area contributed by atoms with Gasteiger partial charge in [0.2, 0.25) is 5.95 Å². The molecule has 0 unspecified atom stereocenters. The van der Waals surface area contributed by atoms with Crippen LogP contribution in [0, 0.1) is 0 Å². The number of hydrogen-bond acceptors (Lipinski definition) is 4. The number of rotatable bonds is 4. The first-order valence-electron chi connectivity index (χ1n) is 6.55. The second-order valence-electron chi connectivity index (χ2n) is 4.63. The Morgan fingerprint density at radius 3 is 3.05 bits per heavy atom. The highest BCUT2D eigenvalue weighted by molar-refractivity contribution is 5.82. The summed E-state index contributed by atoms with van der Waals surface area (Å²) < 4.78 is 0. The van der Waals surface area contributed by atoms with Crippen LogP contribution in [0.25, 0.3) is 10.9 Å². The zero-order valence-corrected chi connectivity index (χ0v) is 11.1. The van der Waals surface area contributed by atoms with Gasteiger partial charge in [0.15, 0.2) is 0 Å². The number of hydrogen-bond donors (Lipinski definition) is 3. The summed E-state index contributed by atoms with van der Waals surface area (Å²) in [4.78, 5) is 18.7. The van der Waals surface area contributed by atoms with Crippen molar-refractivity contribution in [3.63, 3.8) is 0 Å². The number of H-pyrrole nitrogens is 2. The fraction of sp³-hybridized carbons (Fsp3) is 0.214. The minimum atomic E-state index is -0.145. The molecule has 20 heavy (non-hydrogen) atoms. The molecule has 2 aromatic heterocycles. The van der Waals surface area contributed by atoms with E-state index >= 15 is 0 Å². The number of nitrogens with one attached hydrogen (secondary N) is 3. The molecule has 3 N–H and O–H groups in total. The standard InChI is InChI=1S/C14H15N5O/c1-2-3-10-7-13(20)18-14(16-10)17-11-5-4-9-8-15-19-12(9)6-11/h4-8H,2-3H2,1H3,(H,15,19)(H2,16,17,18,20). The number of aromatic nitrogens is 4. The molecule has 0 aliphatic heterocycles. The van der Waals surface area contributed by atoms with E-state index in [4.69, 9.17) is 0 Å². The molecule has 2 heterocycles. The van der Waals surface area contributed by atoms with Gasteiger partial charge in [-0.15, -0.1) is 0 Å². The first-order chi connectivity index (χ1) is 9.74. The lowest BCUT2D eigenvalue weighted by Gasteiger charge is -2.06. The van der Waals surface area contributed by atoms with E-state index in [2.05, 4.69) is 32.4 Å². The maximum atomic E-state index is 11.6. The Hall–Kier alpha value is -2.63. The molecule has 0 spiro atoms. The summed E-state index contributed by atoms with van der Waals surface area (Å²) >= 11 is 0. The second-order valence-corrected chi connectivity index (χ2v) is 4.63. The molecule has 3 rings (SSSR count). The minimum Gasteiger partial charge on any atom is -0.326 e. The molecule has 0 bridgehead atoms. The Balaban J connectivity index is 1.91. The molecule has 0 radical (unpaired) electrons. The van der Waals surface area contributed by atoms with Crippen molar-refractivity contribution in [2.45, 2.75) is 19.8 Å². The Morgan fingerprint density at radius 2 is 2.20 bits per heavy atom. The predicted molar refractivity (Wildman–Crippen MR) is 78.2 cm³/mol. The average Bonchev–Trinajstić information content (AvgIpc) is 2.85. The van der Waals surface area contributed by atoms with Crippen LogP contribution in [-0.4, -0.2) is 20.2 Å². The number of fused-ring (bicyclic) bond motifs is 1. The Bertz CT molecular complexity index is 789. The van der Waals surface area contributed by atoms with Crippen molar-refractivity contribution in [3.05, 3.63) is 46.5 Å². The van der Waals surface area contributed by atoms with Crippen LogP contribution in [0.4, 0.5) is 11.6 Å². The van der Waals surface area contributed by atoms with E-state index in [-0.39, 0.29) is 5.56 Å². The Morgan fingerprint density at radius 1 is 1.30 bits per heavy atom. The molecule has 1 aromatic carbocycles. The van der Waals surface area contributed by atoms with E-state index in [1.54, 1.807) is 6.20 Å². The minimum absolute atomic E-state index is 0.145. The van der Waals surface area contributed by atoms with Crippen LogP contribution in [0.5, 0.6) is 0 Å². The SMILES string of the molecule is CCCc1cc(=O)[nH]c(Nc2ccc3cn[nH]c3c2)n1. The molecule has 0 saturated heterocycles. The molecule has 0 amide bonds. The predicted octanol–water partition coefficient (Wildman–Crippen LogP) is 2.34. The van der Waals surface area contributed by atoms with Crippen LogP contribution < -0.4 is 10.9 Å². The van der Waals surface area contributed by atoms with Gasteiger partial charge < -0.3 is 5.32 Å². The average molecular weight is 269 g/mol. The van der Waals surface area contributed by atoms with Gasteiger partial charge in [-0.1, -0.05) is 13.3 Å². The molecule has 3 aromatic rings. The van der Waals surface area contributed by atoms with Crippen molar-refractivity contribution in [2.24, 2.45) is 0 Å². The summed E-state index contributed by atoms with van der Waals surface area (Å²) in [5.74, 6) is 0.458. The molecular formula is C14H15N5O. The largest absolute Gasteiger partial charge is 0.326 e. The molecule has 0 atom stereocenters. The van der Waals surface area contributed by atoms with Crippen molar-refractivity contribution < 1.29 is 0 Å². The van der Waals surface area contributed by atoms with E-state index in [1.165, 1.54) is 6.07 Å². The Labute approximate surface area is 115 Å². The van der Waals surface area contributed by atoms with E-state index in [0.717, 1.165) is 35.1 Å². The summed E-state index contributed by atoms with van der Waals surface area (Å²) in [6.07, 6.45) is 3.51. The van der Waals surface area contributed by atoms with Crippen molar-refractivity contribution >= 4 is 22.5 Å². The zero-order chi connectivity index (χ0) is 13.9. The molecule has 0 aliphatic carbocycles. The van der Waals surface area contributed by atoms with Gasteiger partial charge in [0, 0.05) is 22.8 Å². The van der Waals surface area contributed by atoms with Gasteiger partial charge in [0.05, 0.1) is 11.7 Å². The molecule has 0 aliphatic rings. The Kier molecular flexibility index (Phi) is 3.20. The van der Waals surface area contributed by atoms with Crippen LogP contribution in [0.15, 0.2) is 35.3 Å². The van der Waals surface area contributed by atoms with Gasteiger partial charge >= 0.3 is 0 Å². The van der Waals surface area contributed by atoms with Crippen molar-refractivity contribution in [3.8, 4) is 0 Å². The quantitative estimate of drug-likeness (QED) is 0.678. The molecule has 102 valence electrons. The van der Waals surface area contributed by atoms with Gasteiger partial charge in [0.1, 0.15) is 0 Å². The maximum absolute atomic E-state index is 11.6. The smallest absolute Gasteiger partial charge is 0.252 e. The lowest BCUT2D eigenvalue weighted by atomic mass is 10.2. The fourth-order valence-electron chi connectivity index (χ4n) is 2.10. The maximum Gasteiger partial charge on any atom is 0.252 e. The van der Waals surface area contributed by atoms with E-state index in [0.29, 0.717) is 5.95 Å². The molecule has 0 fully saturated rings. The second kappa shape index (κ2) is 5.16. The topological polar surface area (TPSA) is 86.5 Å². The molecule has 0 saturated carbocycles. The fourth-order valence-corrected chi connectivity index (χ4v) is 2.10. The van der Waals surface area contributed by atoms with Crippen LogP contribution >= 0.6 is 0 Å². The number of aryl methyl sites for hydroxylation is 1. The monoisotopic (exact) mass is 269 g/mol. The summed E-state index contributed by atoms with van der Waals surface area (Å²) in [5, 5.41) is 11.0. The number of benzene rings is 1. The zero-order valence-electron chi connectivity index (χ0n) is 11.1. The van der Waals surface area contributed by atoms with Crippen LogP contribution in [0.1, 0.15) is 19.0 Å². The highest BCUT2D eigenvalue weighted by atomic mass is 16.1. The third-order valence-corrected chi connectivity index (χ3v) is 3.01. The van der Waals surface area contributed by atoms with Crippen molar-refractivity contribution in [1.82, 2.24) is 20.2 Å². The lowest BCUT2D eigenvalue weighted by Crippen LogP contribution is -2.12.